The first-order valence-electron chi connectivity index (χ1n) is 10.8. The average Bonchev–Trinajstić information content (AvgIpc) is 2.83. The number of carbonyl (C=O) groups excluding carboxylic acids is 1. The van der Waals surface area contributed by atoms with Crippen LogP contribution in [0.1, 0.15) is 29.3 Å². The van der Waals surface area contributed by atoms with Crippen LogP contribution in [0.25, 0.3) is 0 Å². The van der Waals surface area contributed by atoms with Gasteiger partial charge in [0.1, 0.15) is 13.2 Å². The van der Waals surface area contributed by atoms with Crippen molar-refractivity contribution in [2.75, 3.05) is 24.5 Å². The molecule has 0 spiro atoms. The molecule has 3 aromatic rings. The highest BCUT2D eigenvalue weighted by atomic mass is 32.2. The summed E-state index contributed by atoms with van der Waals surface area (Å²) in [5, 5.41) is 0. The number of nitrogens with zero attached hydrogens (tertiary/aromatic N) is 1. The van der Waals surface area contributed by atoms with Crippen molar-refractivity contribution in [1.82, 2.24) is 4.90 Å². The van der Waals surface area contributed by atoms with Gasteiger partial charge in [-0.05, 0) is 42.3 Å². The Hall–Kier alpha value is -3.52. The number of anilines is 1. The molecule has 0 fully saturated rings. The predicted molar refractivity (Wildman–Crippen MR) is 126 cm³/mol. The summed E-state index contributed by atoms with van der Waals surface area (Å²) in [7, 11) is -3.88. The summed E-state index contributed by atoms with van der Waals surface area (Å²) in [5.74, 6) is 0.757. The van der Waals surface area contributed by atoms with E-state index in [9.17, 15) is 13.2 Å². The van der Waals surface area contributed by atoms with Crippen molar-refractivity contribution in [2.24, 2.45) is 0 Å². The van der Waals surface area contributed by atoms with Crippen molar-refractivity contribution in [1.29, 1.82) is 0 Å². The van der Waals surface area contributed by atoms with Gasteiger partial charge in [-0.2, -0.15) is 0 Å². The van der Waals surface area contributed by atoms with Crippen molar-refractivity contribution in [2.45, 2.75) is 24.8 Å². The Labute approximate surface area is 194 Å². The zero-order valence-corrected chi connectivity index (χ0v) is 19.2. The Morgan fingerprint density at radius 3 is 2.45 bits per heavy atom. The molecule has 0 aromatic heterocycles. The minimum atomic E-state index is -3.88. The van der Waals surface area contributed by atoms with E-state index in [1.165, 1.54) is 12.1 Å². The normalized spacial score (nSPS) is 12.8. The molecule has 0 saturated heterocycles. The van der Waals surface area contributed by atoms with E-state index < -0.39 is 10.0 Å². The van der Waals surface area contributed by atoms with E-state index in [2.05, 4.69) is 4.72 Å². The molecule has 4 rings (SSSR count). The van der Waals surface area contributed by atoms with E-state index in [0.717, 1.165) is 12.0 Å². The smallest absolute Gasteiger partial charge is 0.262 e. The number of ether oxygens (including phenoxy) is 2. The standard InChI is InChI=1S/C25H26N2O5S/c1-2-13-27(18-19-7-4-3-5-8-19)25(28)20-9-6-10-21(16-20)26-33(29,30)22-11-12-23-24(17-22)32-15-14-31-23/h3-12,16-17,26H,2,13-15,18H2,1H3. The lowest BCUT2D eigenvalue weighted by Gasteiger charge is -2.23. The Balaban J connectivity index is 1.53. The van der Waals surface area contributed by atoms with Gasteiger partial charge in [0, 0.05) is 30.4 Å². The molecular weight excluding hydrogens is 440 g/mol. The highest BCUT2D eigenvalue weighted by Crippen LogP contribution is 2.32. The van der Waals surface area contributed by atoms with E-state index in [1.54, 1.807) is 35.2 Å². The number of carbonyl (C=O) groups is 1. The van der Waals surface area contributed by atoms with Crippen molar-refractivity contribution in [3.05, 3.63) is 83.9 Å². The van der Waals surface area contributed by atoms with Crippen LogP contribution in [0.15, 0.2) is 77.7 Å². The van der Waals surface area contributed by atoms with Crippen molar-refractivity contribution in [3.8, 4) is 11.5 Å². The topological polar surface area (TPSA) is 84.9 Å². The molecule has 1 aliphatic rings. The molecule has 0 unspecified atom stereocenters. The van der Waals surface area contributed by atoms with Crippen molar-refractivity contribution in [3.63, 3.8) is 0 Å². The van der Waals surface area contributed by atoms with Crippen LogP contribution < -0.4 is 14.2 Å². The summed E-state index contributed by atoms with van der Waals surface area (Å²) >= 11 is 0. The zero-order chi connectivity index (χ0) is 23.3. The third-order valence-electron chi connectivity index (χ3n) is 5.18. The second-order valence-corrected chi connectivity index (χ2v) is 9.39. The van der Waals surface area contributed by atoms with Crippen molar-refractivity contribution >= 4 is 21.6 Å². The molecule has 0 bridgehead atoms. The fourth-order valence-corrected chi connectivity index (χ4v) is 4.69. The summed E-state index contributed by atoms with van der Waals surface area (Å²) in [6.45, 7) is 3.90. The Kier molecular flexibility index (Phi) is 6.84. The Morgan fingerprint density at radius 2 is 1.70 bits per heavy atom. The van der Waals surface area contributed by atoms with Crippen LogP contribution in [-0.4, -0.2) is 39.0 Å². The molecule has 1 heterocycles. The summed E-state index contributed by atoms with van der Waals surface area (Å²) in [6.07, 6.45) is 0.814. The lowest BCUT2D eigenvalue weighted by atomic mass is 10.1. The first-order chi connectivity index (χ1) is 16.0. The van der Waals surface area contributed by atoms with Gasteiger partial charge >= 0.3 is 0 Å². The van der Waals surface area contributed by atoms with Gasteiger partial charge < -0.3 is 14.4 Å². The number of rotatable bonds is 8. The van der Waals surface area contributed by atoms with Crippen LogP contribution in [0.2, 0.25) is 0 Å². The summed E-state index contributed by atoms with van der Waals surface area (Å²) in [5.41, 5.74) is 1.77. The van der Waals surface area contributed by atoms with Crippen molar-refractivity contribution < 1.29 is 22.7 Å². The molecule has 0 aliphatic carbocycles. The molecule has 1 aliphatic heterocycles. The van der Waals surface area contributed by atoms with Gasteiger partial charge in [-0.25, -0.2) is 8.42 Å². The lowest BCUT2D eigenvalue weighted by Crippen LogP contribution is -2.31. The van der Waals surface area contributed by atoms with Crippen LogP contribution in [0.3, 0.4) is 0 Å². The van der Waals surface area contributed by atoms with E-state index in [1.807, 2.05) is 37.3 Å². The Bertz CT molecular complexity index is 1230. The molecule has 33 heavy (non-hydrogen) atoms. The molecule has 3 aromatic carbocycles. The Morgan fingerprint density at radius 1 is 0.939 bits per heavy atom. The molecule has 1 amide bonds. The zero-order valence-electron chi connectivity index (χ0n) is 18.4. The third kappa shape index (κ3) is 5.46. The molecule has 0 atom stereocenters. The quantitative estimate of drug-likeness (QED) is 0.535. The lowest BCUT2D eigenvalue weighted by molar-refractivity contribution is 0.0743. The van der Waals surface area contributed by atoms with Gasteiger partial charge in [-0.3, -0.25) is 9.52 Å². The minimum Gasteiger partial charge on any atom is -0.486 e. The van der Waals surface area contributed by atoms with Crippen LogP contribution in [-0.2, 0) is 16.6 Å². The van der Waals surface area contributed by atoms with E-state index in [4.69, 9.17) is 9.47 Å². The predicted octanol–water partition coefficient (Wildman–Crippen LogP) is 4.31. The van der Waals surface area contributed by atoms with Gasteiger partial charge in [0.2, 0.25) is 0 Å². The maximum Gasteiger partial charge on any atom is 0.262 e. The highest BCUT2D eigenvalue weighted by Gasteiger charge is 2.21. The number of hydrogen-bond donors (Lipinski definition) is 1. The maximum absolute atomic E-state index is 13.2. The maximum atomic E-state index is 13.2. The number of sulfonamides is 1. The minimum absolute atomic E-state index is 0.0557. The van der Waals surface area contributed by atoms with Gasteiger partial charge in [0.25, 0.3) is 15.9 Å². The van der Waals surface area contributed by atoms with E-state index >= 15 is 0 Å². The average molecular weight is 467 g/mol. The number of benzene rings is 3. The van der Waals surface area contributed by atoms with Gasteiger partial charge in [0.15, 0.2) is 11.5 Å². The summed E-state index contributed by atoms with van der Waals surface area (Å²) in [4.78, 5) is 15.0. The van der Waals surface area contributed by atoms with Crippen LogP contribution in [0, 0.1) is 0 Å². The summed E-state index contributed by atoms with van der Waals surface area (Å²) < 4.78 is 39.4. The molecule has 1 N–H and O–H groups in total. The molecule has 7 nitrogen and oxygen atoms in total. The van der Waals surface area contributed by atoms with Crippen LogP contribution >= 0.6 is 0 Å². The SMILES string of the molecule is CCCN(Cc1ccccc1)C(=O)c1cccc(NS(=O)(=O)c2ccc3c(c2)OCCO3)c1. The third-order valence-corrected chi connectivity index (χ3v) is 6.56. The number of fused-ring (bicyclic) bond motifs is 1. The molecular formula is C25H26N2O5S. The number of nitrogens with one attached hydrogen (secondary N) is 1. The molecule has 8 heteroatoms. The van der Waals surface area contributed by atoms with E-state index in [-0.39, 0.29) is 10.8 Å². The molecule has 172 valence electrons. The second-order valence-electron chi connectivity index (χ2n) is 7.70. The van der Waals surface area contributed by atoms with Crippen LogP contribution in [0.4, 0.5) is 5.69 Å². The second kappa shape index (κ2) is 9.95. The number of hydrogen-bond acceptors (Lipinski definition) is 5. The van der Waals surface area contributed by atoms with Gasteiger partial charge in [-0.1, -0.05) is 43.3 Å². The first kappa shape index (κ1) is 22.7. The number of amides is 1. The fraction of sp³-hybridized carbons (Fsp3) is 0.240. The van der Waals surface area contributed by atoms with Crippen LogP contribution in [0.5, 0.6) is 11.5 Å². The monoisotopic (exact) mass is 466 g/mol. The van der Waals surface area contributed by atoms with Gasteiger partial charge in [0.05, 0.1) is 4.90 Å². The largest absolute Gasteiger partial charge is 0.486 e. The highest BCUT2D eigenvalue weighted by molar-refractivity contribution is 7.92. The van der Waals surface area contributed by atoms with Gasteiger partial charge in [-0.15, -0.1) is 0 Å². The van der Waals surface area contributed by atoms with E-state index in [0.29, 0.717) is 49.1 Å². The first-order valence-corrected chi connectivity index (χ1v) is 12.3. The summed E-state index contributed by atoms with van der Waals surface area (Å²) in [6, 6.07) is 20.8. The molecule has 0 radical (unpaired) electrons. The molecule has 0 saturated carbocycles. The fourth-order valence-electron chi connectivity index (χ4n) is 3.63.